The summed E-state index contributed by atoms with van der Waals surface area (Å²) in [5.41, 5.74) is 1.63. The Labute approximate surface area is 127 Å². The molecule has 1 N–H and O–H groups in total. The van der Waals surface area contributed by atoms with Gasteiger partial charge in [-0.25, -0.2) is 0 Å². The molecule has 2 rings (SSSR count). The Bertz CT molecular complexity index is 511. The minimum Gasteiger partial charge on any atom is -0.351 e. The lowest BCUT2D eigenvalue weighted by molar-refractivity contribution is -0.129. The lowest BCUT2D eigenvalue weighted by Crippen LogP contribution is -2.32. The first kappa shape index (κ1) is 15.0. The molecule has 0 atom stereocenters. The molecule has 20 heavy (non-hydrogen) atoms. The molecule has 108 valence electrons. The molecule has 0 bridgehead atoms. The smallest absolute Gasteiger partial charge is 0.252 e. The van der Waals surface area contributed by atoms with Gasteiger partial charge in [0.15, 0.2) is 0 Å². The monoisotopic (exact) mass is 338 g/mol. The zero-order valence-electron chi connectivity index (χ0n) is 11.6. The van der Waals surface area contributed by atoms with Crippen molar-refractivity contribution in [3.05, 3.63) is 33.8 Å². The quantitative estimate of drug-likeness (QED) is 0.916. The van der Waals surface area contributed by atoms with E-state index >= 15 is 0 Å². The van der Waals surface area contributed by atoms with Crippen LogP contribution in [0.3, 0.4) is 0 Å². The average Bonchev–Trinajstić information content (AvgIpc) is 2.95. The van der Waals surface area contributed by atoms with Crippen LogP contribution < -0.4 is 5.32 Å². The highest BCUT2D eigenvalue weighted by Gasteiger charge is 2.18. The fraction of sp³-hybridized carbons (Fsp3) is 0.467. The predicted octanol–water partition coefficient (Wildman–Crippen LogP) is 2.50. The van der Waals surface area contributed by atoms with Crippen LogP contribution in [0, 0.1) is 6.92 Å². The number of hydrogen-bond donors (Lipinski definition) is 1. The SMILES string of the molecule is Cc1cccc(C(=O)NCCC(=O)N2CCCC2)c1Br. The van der Waals surface area contributed by atoms with E-state index in [2.05, 4.69) is 21.2 Å². The van der Waals surface area contributed by atoms with E-state index in [1.54, 1.807) is 6.07 Å². The third-order valence-electron chi connectivity index (χ3n) is 3.52. The third kappa shape index (κ3) is 3.60. The maximum Gasteiger partial charge on any atom is 0.252 e. The maximum absolute atomic E-state index is 12.1. The molecule has 0 spiro atoms. The Hall–Kier alpha value is -1.36. The Morgan fingerprint density at radius 2 is 2.00 bits per heavy atom. The number of rotatable bonds is 4. The summed E-state index contributed by atoms with van der Waals surface area (Å²) < 4.78 is 0.809. The van der Waals surface area contributed by atoms with Gasteiger partial charge < -0.3 is 10.2 Å². The van der Waals surface area contributed by atoms with Gasteiger partial charge in [-0.05, 0) is 47.3 Å². The molecule has 1 saturated heterocycles. The van der Waals surface area contributed by atoms with E-state index in [0.29, 0.717) is 18.5 Å². The maximum atomic E-state index is 12.1. The molecular weight excluding hydrogens is 320 g/mol. The van der Waals surface area contributed by atoms with Crippen LogP contribution in [0.1, 0.15) is 35.2 Å². The fourth-order valence-electron chi connectivity index (χ4n) is 2.33. The molecular formula is C15H19BrN2O2. The summed E-state index contributed by atoms with van der Waals surface area (Å²) >= 11 is 3.42. The number of carbonyl (C=O) groups is 2. The number of halogens is 1. The normalized spacial score (nSPS) is 14.4. The van der Waals surface area contributed by atoms with Crippen LogP contribution in [0.4, 0.5) is 0 Å². The Morgan fingerprint density at radius 1 is 1.30 bits per heavy atom. The van der Waals surface area contributed by atoms with Crippen LogP contribution in [-0.4, -0.2) is 36.3 Å². The summed E-state index contributed by atoms with van der Waals surface area (Å²) in [5.74, 6) is -0.0131. The topological polar surface area (TPSA) is 49.4 Å². The van der Waals surface area contributed by atoms with Crippen molar-refractivity contribution in [1.82, 2.24) is 10.2 Å². The van der Waals surface area contributed by atoms with Crippen molar-refractivity contribution in [2.75, 3.05) is 19.6 Å². The van der Waals surface area contributed by atoms with Crippen molar-refractivity contribution < 1.29 is 9.59 Å². The van der Waals surface area contributed by atoms with Crippen LogP contribution in [0.2, 0.25) is 0 Å². The minimum absolute atomic E-state index is 0.131. The van der Waals surface area contributed by atoms with E-state index < -0.39 is 0 Å². The molecule has 0 saturated carbocycles. The predicted molar refractivity (Wildman–Crippen MR) is 81.6 cm³/mol. The number of carbonyl (C=O) groups excluding carboxylic acids is 2. The first-order valence-corrected chi connectivity index (χ1v) is 7.70. The molecule has 1 aromatic rings. The first-order chi connectivity index (χ1) is 9.59. The van der Waals surface area contributed by atoms with Crippen molar-refractivity contribution in [1.29, 1.82) is 0 Å². The van der Waals surface area contributed by atoms with E-state index in [4.69, 9.17) is 0 Å². The lowest BCUT2D eigenvalue weighted by Gasteiger charge is -2.15. The number of nitrogens with zero attached hydrogens (tertiary/aromatic N) is 1. The molecule has 1 fully saturated rings. The number of likely N-dealkylation sites (tertiary alicyclic amines) is 1. The Kier molecular flexibility index (Phi) is 5.17. The third-order valence-corrected chi connectivity index (χ3v) is 4.57. The van der Waals surface area contributed by atoms with Crippen LogP contribution in [0.5, 0.6) is 0 Å². The molecule has 2 amide bonds. The van der Waals surface area contributed by atoms with Crippen LogP contribution in [-0.2, 0) is 4.79 Å². The van der Waals surface area contributed by atoms with Gasteiger partial charge in [0, 0.05) is 30.5 Å². The van der Waals surface area contributed by atoms with Gasteiger partial charge in [-0.3, -0.25) is 9.59 Å². The fourth-order valence-corrected chi connectivity index (χ4v) is 2.77. The van der Waals surface area contributed by atoms with E-state index in [-0.39, 0.29) is 11.8 Å². The summed E-state index contributed by atoms with van der Waals surface area (Å²) in [6, 6.07) is 5.57. The highest BCUT2D eigenvalue weighted by atomic mass is 79.9. The molecule has 1 heterocycles. The Balaban J connectivity index is 1.83. The second-order valence-corrected chi connectivity index (χ2v) is 5.82. The molecule has 0 aromatic heterocycles. The summed E-state index contributed by atoms with van der Waals surface area (Å²) in [5, 5.41) is 2.80. The largest absolute Gasteiger partial charge is 0.351 e. The first-order valence-electron chi connectivity index (χ1n) is 6.90. The molecule has 0 radical (unpaired) electrons. The van der Waals surface area contributed by atoms with Crippen molar-refractivity contribution >= 4 is 27.7 Å². The summed E-state index contributed by atoms with van der Waals surface area (Å²) in [4.78, 5) is 25.8. The highest BCUT2D eigenvalue weighted by Crippen LogP contribution is 2.20. The minimum atomic E-state index is -0.144. The summed E-state index contributed by atoms with van der Waals surface area (Å²) in [6.07, 6.45) is 2.55. The van der Waals surface area contributed by atoms with Gasteiger partial charge >= 0.3 is 0 Å². The number of aryl methyl sites for hydroxylation is 1. The average molecular weight is 339 g/mol. The summed E-state index contributed by atoms with van der Waals surface area (Å²) in [7, 11) is 0. The van der Waals surface area contributed by atoms with E-state index in [0.717, 1.165) is 36.0 Å². The van der Waals surface area contributed by atoms with Gasteiger partial charge in [0.2, 0.25) is 5.91 Å². The lowest BCUT2D eigenvalue weighted by atomic mass is 10.1. The van der Waals surface area contributed by atoms with Gasteiger partial charge in [-0.1, -0.05) is 12.1 Å². The van der Waals surface area contributed by atoms with Crippen molar-refractivity contribution in [2.24, 2.45) is 0 Å². The second-order valence-electron chi connectivity index (χ2n) is 5.03. The van der Waals surface area contributed by atoms with E-state index in [1.165, 1.54) is 0 Å². The molecule has 0 aliphatic carbocycles. The van der Waals surface area contributed by atoms with E-state index in [9.17, 15) is 9.59 Å². The number of hydrogen-bond acceptors (Lipinski definition) is 2. The Morgan fingerprint density at radius 3 is 2.70 bits per heavy atom. The van der Waals surface area contributed by atoms with Crippen LogP contribution in [0.15, 0.2) is 22.7 Å². The highest BCUT2D eigenvalue weighted by molar-refractivity contribution is 9.10. The zero-order chi connectivity index (χ0) is 14.5. The second kappa shape index (κ2) is 6.88. The molecule has 5 heteroatoms. The standard InChI is InChI=1S/C15H19BrN2O2/c1-11-5-4-6-12(14(11)16)15(20)17-8-7-13(19)18-9-2-3-10-18/h4-6H,2-3,7-10H2,1H3,(H,17,20). The van der Waals surface area contributed by atoms with Crippen molar-refractivity contribution in [2.45, 2.75) is 26.2 Å². The van der Waals surface area contributed by atoms with Crippen molar-refractivity contribution in [3.8, 4) is 0 Å². The van der Waals surface area contributed by atoms with Crippen molar-refractivity contribution in [3.63, 3.8) is 0 Å². The van der Waals surface area contributed by atoms with Crippen LogP contribution >= 0.6 is 15.9 Å². The van der Waals surface area contributed by atoms with Gasteiger partial charge in [0.1, 0.15) is 0 Å². The van der Waals surface area contributed by atoms with Gasteiger partial charge in [0.05, 0.1) is 5.56 Å². The number of nitrogens with one attached hydrogen (secondary N) is 1. The molecule has 4 nitrogen and oxygen atoms in total. The molecule has 1 aliphatic heterocycles. The molecule has 0 unspecified atom stereocenters. The van der Waals surface area contributed by atoms with Gasteiger partial charge in [-0.15, -0.1) is 0 Å². The van der Waals surface area contributed by atoms with E-state index in [1.807, 2.05) is 24.0 Å². The number of benzene rings is 1. The molecule has 1 aromatic carbocycles. The van der Waals surface area contributed by atoms with Gasteiger partial charge in [-0.2, -0.15) is 0 Å². The summed E-state index contributed by atoms with van der Waals surface area (Å²) in [6.45, 7) is 4.04. The van der Waals surface area contributed by atoms with Crippen LogP contribution in [0.25, 0.3) is 0 Å². The van der Waals surface area contributed by atoms with Gasteiger partial charge in [0.25, 0.3) is 5.91 Å². The molecule has 1 aliphatic rings. The number of amides is 2. The zero-order valence-corrected chi connectivity index (χ0v) is 13.2.